The summed E-state index contributed by atoms with van der Waals surface area (Å²) in [6, 6.07) is 22.3. The van der Waals surface area contributed by atoms with Crippen molar-refractivity contribution in [3.63, 3.8) is 0 Å². The Balaban J connectivity index is 2.10. The summed E-state index contributed by atoms with van der Waals surface area (Å²) in [5.41, 5.74) is 1.75. The summed E-state index contributed by atoms with van der Waals surface area (Å²) in [6.45, 7) is 7.25. The maximum Gasteiger partial charge on any atom is 0.261 e. The quantitative estimate of drug-likeness (QED) is 0.615. The second-order valence-corrected chi connectivity index (χ2v) is 6.37. The van der Waals surface area contributed by atoms with Crippen LogP contribution in [0.3, 0.4) is 0 Å². The number of imide groups is 1. The molecule has 0 aliphatic heterocycles. The van der Waals surface area contributed by atoms with E-state index in [0.29, 0.717) is 11.1 Å². The number of benzene rings is 3. The molecular formula is C23H21NO2. The zero-order valence-electron chi connectivity index (χ0n) is 15.0. The number of amides is 2. The number of rotatable bonds is 4. The first kappa shape index (κ1) is 17.6. The van der Waals surface area contributed by atoms with Crippen LogP contribution in [0.4, 0.5) is 0 Å². The van der Waals surface area contributed by atoms with Crippen molar-refractivity contribution in [1.29, 1.82) is 0 Å². The highest BCUT2D eigenvalue weighted by atomic mass is 16.2. The van der Waals surface area contributed by atoms with Gasteiger partial charge >= 0.3 is 0 Å². The average molecular weight is 343 g/mol. The van der Waals surface area contributed by atoms with Gasteiger partial charge in [0.2, 0.25) is 0 Å². The highest BCUT2D eigenvalue weighted by Gasteiger charge is 2.29. The smallest absolute Gasteiger partial charge is 0.261 e. The van der Waals surface area contributed by atoms with Crippen LogP contribution in [0.25, 0.3) is 10.8 Å². The summed E-state index contributed by atoms with van der Waals surface area (Å²) in [5, 5.41) is 2.11. The zero-order chi connectivity index (χ0) is 18.7. The van der Waals surface area contributed by atoms with Gasteiger partial charge in [0.25, 0.3) is 11.8 Å². The Morgan fingerprint density at radius 2 is 1.50 bits per heavy atom. The van der Waals surface area contributed by atoms with Crippen LogP contribution in [-0.2, 0) is 4.79 Å². The van der Waals surface area contributed by atoms with Crippen molar-refractivity contribution in [3.8, 4) is 0 Å². The van der Waals surface area contributed by atoms with Crippen molar-refractivity contribution in [2.24, 2.45) is 0 Å². The summed E-state index contributed by atoms with van der Waals surface area (Å²) in [6.07, 6.45) is 0. The number of hydrogen-bond donors (Lipinski definition) is 0. The van der Waals surface area contributed by atoms with Gasteiger partial charge in [-0.15, -0.1) is 0 Å². The number of fused-ring (bicyclic) bond motifs is 1. The second-order valence-electron chi connectivity index (χ2n) is 6.37. The molecule has 3 rings (SSSR count). The van der Waals surface area contributed by atoms with Crippen molar-refractivity contribution in [1.82, 2.24) is 4.90 Å². The molecule has 0 heterocycles. The molecule has 0 aromatic heterocycles. The minimum absolute atomic E-state index is 0.320. The first-order chi connectivity index (χ1) is 12.5. The van der Waals surface area contributed by atoms with Gasteiger partial charge in [-0.1, -0.05) is 67.2 Å². The number of carbonyl (C=O) groups is 2. The van der Waals surface area contributed by atoms with Crippen LogP contribution in [0, 0.1) is 0 Å². The van der Waals surface area contributed by atoms with Crippen molar-refractivity contribution >= 4 is 22.6 Å². The third kappa shape index (κ3) is 3.29. The van der Waals surface area contributed by atoms with E-state index in [9.17, 15) is 9.59 Å². The molecule has 0 saturated heterocycles. The van der Waals surface area contributed by atoms with Crippen LogP contribution in [0.2, 0.25) is 0 Å². The van der Waals surface area contributed by atoms with Crippen LogP contribution in [-0.4, -0.2) is 16.7 Å². The van der Waals surface area contributed by atoms with Crippen molar-refractivity contribution in [2.45, 2.75) is 19.9 Å². The highest BCUT2D eigenvalue weighted by Crippen LogP contribution is 2.30. The number of hydrogen-bond acceptors (Lipinski definition) is 2. The fourth-order valence-corrected chi connectivity index (χ4v) is 3.12. The zero-order valence-corrected chi connectivity index (χ0v) is 15.0. The van der Waals surface area contributed by atoms with E-state index in [1.807, 2.05) is 55.5 Å². The van der Waals surface area contributed by atoms with Gasteiger partial charge < -0.3 is 0 Å². The molecule has 2 amide bonds. The fourth-order valence-electron chi connectivity index (χ4n) is 3.12. The number of carbonyl (C=O) groups excluding carboxylic acids is 2. The summed E-state index contributed by atoms with van der Waals surface area (Å²) in [7, 11) is 0. The second kappa shape index (κ2) is 7.36. The van der Waals surface area contributed by atoms with Gasteiger partial charge in [0.1, 0.15) is 0 Å². The van der Waals surface area contributed by atoms with Crippen molar-refractivity contribution in [3.05, 3.63) is 96.1 Å². The lowest BCUT2D eigenvalue weighted by Gasteiger charge is -2.29. The van der Waals surface area contributed by atoms with E-state index in [0.717, 1.165) is 16.3 Å². The van der Waals surface area contributed by atoms with E-state index in [2.05, 4.69) is 6.58 Å². The third-order valence-electron chi connectivity index (χ3n) is 4.48. The molecule has 3 heteroatoms. The first-order valence-corrected chi connectivity index (χ1v) is 8.57. The molecule has 0 fully saturated rings. The Morgan fingerprint density at radius 1 is 0.885 bits per heavy atom. The van der Waals surface area contributed by atoms with Gasteiger partial charge in [0.15, 0.2) is 0 Å². The Hall–Kier alpha value is -3.20. The molecule has 26 heavy (non-hydrogen) atoms. The fraction of sp³-hybridized carbons (Fsp3) is 0.130. The summed E-state index contributed by atoms with van der Waals surface area (Å²) in [5.74, 6) is -0.682. The van der Waals surface area contributed by atoms with Crippen molar-refractivity contribution < 1.29 is 9.59 Å². The van der Waals surface area contributed by atoms with Crippen LogP contribution < -0.4 is 0 Å². The van der Waals surface area contributed by atoms with E-state index < -0.39 is 6.04 Å². The molecule has 0 radical (unpaired) electrons. The molecule has 0 aliphatic carbocycles. The van der Waals surface area contributed by atoms with Gasteiger partial charge in [-0.3, -0.25) is 14.5 Å². The predicted octanol–water partition coefficient (Wildman–Crippen LogP) is 5.15. The third-order valence-corrected chi connectivity index (χ3v) is 4.48. The largest absolute Gasteiger partial charge is 0.269 e. The van der Waals surface area contributed by atoms with Gasteiger partial charge in [-0.05, 0) is 42.3 Å². The standard InChI is InChI=1S/C23H21NO2/c1-16(2)22(25)24(23(26)19-11-5-4-6-12-19)17(3)20-15-9-13-18-10-7-8-14-21(18)20/h4-15,17H,1H2,2-3H3. The lowest BCUT2D eigenvalue weighted by Crippen LogP contribution is -2.39. The Morgan fingerprint density at radius 3 is 2.19 bits per heavy atom. The van der Waals surface area contributed by atoms with Gasteiger partial charge in [0.05, 0.1) is 6.04 Å². The minimum Gasteiger partial charge on any atom is -0.269 e. The van der Waals surface area contributed by atoms with E-state index in [1.165, 1.54) is 4.90 Å². The van der Waals surface area contributed by atoms with Crippen LogP contribution in [0.5, 0.6) is 0 Å². The molecule has 1 atom stereocenters. The number of nitrogens with zero attached hydrogens (tertiary/aromatic N) is 1. The monoisotopic (exact) mass is 343 g/mol. The maximum atomic E-state index is 13.1. The van der Waals surface area contributed by atoms with Gasteiger partial charge in [-0.2, -0.15) is 0 Å². The maximum absolute atomic E-state index is 13.1. The molecular weight excluding hydrogens is 322 g/mol. The normalized spacial score (nSPS) is 11.8. The molecule has 0 saturated carbocycles. The van der Waals surface area contributed by atoms with Crippen LogP contribution in [0.15, 0.2) is 84.9 Å². The first-order valence-electron chi connectivity index (χ1n) is 8.57. The van der Waals surface area contributed by atoms with Crippen LogP contribution in [0.1, 0.15) is 35.8 Å². The Bertz CT molecular complexity index is 970. The molecule has 1 unspecified atom stereocenters. The summed E-state index contributed by atoms with van der Waals surface area (Å²) >= 11 is 0. The molecule has 0 bridgehead atoms. The van der Waals surface area contributed by atoms with E-state index >= 15 is 0 Å². The lowest BCUT2D eigenvalue weighted by molar-refractivity contribution is -0.126. The molecule has 130 valence electrons. The van der Waals surface area contributed by atoms with Gasteiger partial charge in [0, 0.05) is 11.1 Å². The molecule has 0 aliphatic rings. The molecule has 0 N–H and O–H groups in total. The summed E-state index contributed by atoms with van der Waals surface area (Å²) in [4.78, 5) is 27.2. The molecule has 3 aromatic carbocycles. The Labute approximate surface area is 153 Å². The van der Waals surface area contributed by atoms with Crippen molar-refractivity contribution in [2.75, 3.05) is 0 Å². The van der Waals surface area contributed by atoms with E-state index in [-0.39, 0.29) is 11.8 Å². The molecule has 3 nitrogen and oxygen atoms in total. The Kier molecular flexibility index (Phi) is 4.99. The van der Waals surface area contributed by atoms with E-state index in [1.54, 1.807) is 31.2 Å². The molecule has 0 spiro atoms. The lowest BCUT2D eigenvalue weighted by atomic mass is 9.97. The predicted molar refractivity (Wildman–Crippen MR) is 105 cm³/mol. The average Bonchev–Trinajstić information content (AvgIpc) is 2.68. The SMILES string of the molecule is C=C(C)C(=O)N(C(=O)c1ccccc1)C(C)c1cccc2ccccc12. The highest BCUT2D eigenvalue weighted by molar-refractivity contribution is 6.10. The topological polar surface area (TPSA) is 37.4 Å². The molecule has 3 aromatic rings. The minimum atomic E-state index is -0.419. The summed E-state index contributed by atoms with van der Waals surface area (Å²) < 4.78 is 0. The van der Waals surface area contributed by atoms with E-state index in [4.69, 9.17) is 0 Å². The van der Waals surface area contributed by atoms with Gasteiger partial charge in [-0.25, -0.2) is 0 Å². The van der Waals surface area contributed by atoms with Crippen LogP contribution >= 0.6 is 0 Å².